The molecule has 0 radical (unpaired) electrons. The lowest BCUT2D eigenvalue weighted by Crippen LogP contribution is -2.51. The van der Waals surface area contributed by atoms with Crippen molar-refractivity contribution in [3.8, 4) is 0 Å². The molecule has 0 N–H and O–H groups in total. The largest absolute Gasteiger partial charge is 0.368 e. The van der Waals surface area contributed by atoms with E-state index in [4.69, 9.17) is 0 Å². The summed E-state index contributed by atoms with van der Waals surface area (Å²) >= 11 is 3.44. The minimum Gasteiger partial charge on any atom is -0.368 e. The minimum atomic E-state index is -0.340. The van der Waals surface area contributed by atoms with Gasteiger partial charge in [-0.3, -0.25) is 15.0 Å². The summed E-state index contributed by atoms with van der Waals surface area (Å²) in [4.78, 5) is 15.3. The Kier molecular flexibility index (Phi) is 4.99. The number of hydrogen-bond acceptors (Lipinski definition) is 4. The van der Waals surface area contributed by atoms with Crippen molar-refractivity contribution < 1.29 is 4.92 Å². The third-order valence-electron chi connectivity index (χ3n) is 3.93. The summed E-state index contributed by atoms with van der Waals surface area (Å²) in [6.07, 6.45) is 0. The summed E-state index contributed by atoms with van der Waals surface area (Å²) in [6.45, 7) is 8.45. The highest BCUT2D eigenvalue weighted by Gasteiger charge is 2.24. The van der Waals surface area contributed by atoms with E-state index in [1.807, 2.05) is 6.07 Å². The molecule has 1 aromatic carbocycles. The van der Waals surface area contributed by atoms with Gasteiger partial charge >= 0.3 is 0 Å². The Morgan fingerprint density at radius 1 is 1.45 bits per heavy atom. The van der Waals surface area contributed by atoms with Crippen LogP contribution in [0.2, 0.25) is 0 Å². The molecule has 1 aliphatic heterocycles. The Hall–Kier alpha value is -1.14. The second kappa shape index (κ2) is 6.54. The maximum Gasteiger partial charge on any atom is 0.269 e. The fourth-order valence-electron chi connectivity index (χ4n) is 2.78. The van der Waals surface area contributed by atoms with Gasteiger partial charge in [-0.15, -0.1) is 0 Å². The molecule has 0 bridgehead atoms. The van der Waals surface area contributed by atoms with Crippen molar-refractivity contribution in [1.82, 2.24) is 4.90 Å². The first-order chi connectivity index (χ1) is 9.56. The predicted molar refractivity (Wildman–Crippen MR) is 84.6 cm³/mol. The van der Waals surface area contributed by atoms with E-state index in [-0.39, 0.29) is 10.6 Å². The Bertz CT molecular complexity index is 495. The summed E-state index contributed by atoms with van der Waals surface area (Å²) in [5.74, 6) is 0. The molecule has 0 aliphatic carbocycles. The van der Waals surface area contributed by atoms with E-state index in [0.717, 1.165) is 37.4 Å². The highest BCUT2D eigenvalue weighted by molar-refractivity contribution is 9.08. The zero-order valence-electron chi connectivity index (χ0n) is 11.9. The number of hydrogen-bond donors (Lipinski definition) is 0. The molecule has 1 atom stereocenters. The first-order valence-electron chi connectivity index (χ1n) is 6.89. The van der Waals surface area contributed by atoms with Crippen LogP contribution in [-0.4, -0.2) is 42.0 Å². The van der Waals surface area contributed by atoms with E-state index in [2.05, 4.69) is 39.6 Å². The van der Waals surface area contributed by atoms with Crippen LogP contribution in [-0.2, 0) is 5.33 Å². The molecule has 0 aromatic heterocycles. The summed E-state index contributed by atoms with van der Waals surface area (Å²) < 4.78 is 0. The minimum absolute atomic E-state index is 0.156. The monoisotopic (exact) mass is 341 g/mol. The number of benzene rings is 1. The molecule has 2 rings (SSSR count). The number of alkyl halides is 1. The van der Waals surface area contributed by atoms with E-state index >= 15 is 0 Å². The van der Waals surface area contributed by atoms with E-state index in [0.29, 0.717) is 11.4 Å². The van der Waals surface area contributed by atoms with Gasteiger partial charge in [-0.25, -0.2) is 0 Å². The molecule has 1 saturated heterocycles. The van der Waals surface area contributed by atoms with Gasteiger partial charge in [0.25, 0.3) is 5.69 Å². The van der Waals surface area contributed by atoms with Crippen LogP contribution in [0.4, 0.5) is 11.4 Å². The molecule has 0 spiro atoms. The molecule has 6 heteroatoms. The van der Waals surface area contributed by atoms with Crippen molar-refractivity contribution >= 4 is 27.3 Å². The maximum absolute atomic E-state index is 10.9. The smallest absolute Gasteiger partial charge is 0.269 e. The summed E-state index contributed by atoms with van der Waals surface area (Å²) in [5.41, 5.74) is 2.25. The second-order valence-electron chi connectivity index (χ2n) is 5.13. The third kappa shape index (κ3) is 3.12. The fraction of sp³-hybridized carbons (Fsp3) is 0.571. The van der Waals surface area contributed by atoms with Crippen LogP contribution in [0.1, 0.15) is 19.4 Å². The number of likely N-dealkylation sites (N-methyl/N-ethyl adjacent to an activating group) is 1. The van der Waals surface area contributed by atoms with Gasteiger partial charge in [0.15, 0.2) is 0 Å². The van der Waals surface area contributed by atoms with Crippen LogP contribution in [0.25, 0.3) is 0 Å². The van der Waals surface area contributed by atoms with Crippen LogP contribution in [0.3, 0.4) is 0 Å². The van der Waals surface area contributed by atoms with Crippen molar-refractivity contribution in [3.63, 3.8) is 0 Å². The van der Waals surface area contributed by atoms with Crippen molar-refractivity contribution in [2.75, 3.05) is 31.1 Å². The van der Waals surface area contributed by atoms with E-state index in [9.17, 15) is 10.1 Å². The SMILES string of the molecule is CCN1CCN(c2ccc([N+](=O)[O-])cc2CBr)CC1C. The Labute approximate surface area is 127 Å². The number of piperazine rings is 1. The molecule has 110 valence electrons. The summed E-state index contributed by atoms with van der Waals surface area (Å²) in [7, 11) is 0. The molecule has 1 aromatic rings. The first-order valence-corrected chi connectivity index (χ1v) is 8.01. The van der Waals surface area contributed by atoms with Crippen LogP contribution >= 0.6 is 15.9 Å². The van der Waals surface area contributed by atoms with Crippen LogP contribution in [0.15, 0.2) is 18.2 Å². The molecule has 0 amide bonds. The molecule has 1 fully saturated rings. The Balaban J connectivity index is 2.22. The topological polar surface area (TPSA) is 49.6 Å². The predicted octanol–water partition coefficient (Wildman–Crippen LogP) is 3.02. The number of rotatable bonds is 4. The number of nitrogens with zero attached hydrogens (tertiary/aromatic N) is 3. The Morgan fingerprint density at radius 2 is 2.20 bits per heavy atom. The van der Waals surface area contributed by atoms with Crippen molar-refractivity contribution in [3.05, 3.63) is 33.9 Å². The summed E-state index contributed by atoms with van der Waals surface area (Å²) in [5, 5.41) is 11.5. The lowest BCUT2D eigenvalue weighted by molar-refractivity contribution is -0.384. The molecule has 20 heavy (non-hydrogen) atoms. The number of nitro benzene ring substituents is 1. The lowest BCUT2D eigenvalue weighted by Gasteiger charge is -2.41. The van der Waals surface area contributed by atoms with Crippen molar-refractivity contribution in [2.24, 2.45) is 0 Å². The average molecular weight is 342 g/mol. The molecule has 0 saturated carbocycles. The lowest BCUT2D eigenvalue weighted by atomic mass is 10.1. The van der Waals surface area contributed by atoms with Gasteiger partial charge < -0.3 is 4.90 Å². The second-order valence-corrected chi connectivity index (χ2v) is 5.69. The van der Waals surface area contributed by atoms with Gasteiger partial charge in [0.2, 0.25) is 0 Å². The van der Waals surface area contributed by atoms with E-state index in [1.54, 1.807) is 12.1 Å². The van der Waals surface area contributed by atoms with Gasteiger partial charge in [-0.2, -0.15) is 0 Å². The number of nitro groups is 1. The fourth-order valence-corrected chi connectivity index (χ4v) is 3.23. The Morgan fingerprint density at radius 3 is 2.75 bits per heavy atom. The maximum atomic E-state index is 10.9. The van der Waals surface area contributed by atoms with Gasteiger partial charge in [-0.1, -0.05) is 22.9 Å². The van der Waals surface area contributed by atoms with Gasteiger partial charge in [0, 0.05) is 48.8 Å². The van der Waals surface area contributed by atoms with Crippen LogP contribution < -0.4 is 4.90 Å². The standard InChI is InChI=1S/C14H20BrN3O2/c1-3-16-6-7-17(10-11(16)2)14-5-4-13(18(19)20)8-12(14)9-15/h4-5,8,11H,3,6-7,9-10H2,1-2H3. The first kappa shape index (κ1) is 15.3. The molecule has 1 unspecified atom stereocenters. The summed E-state index contributed by atoms with van der Waals surface area (Å²) in [6, 6.07) is 5.65. The zero-order valence-corrected chi connectivity index (χ0v) is 13.5. The van der Waals surface area contributed by atoms with Crippen LogP contribution in [0, 0.1) is 10.1 Å². The van der Waals surface area contributed by atoms with Gasteiger partial charge in [0.1, 0.15) is 0 Å². The van der Waals surface area contributed by atoms with Crippen molar-refractivity contribution in [2.45, 2.75) is 25.2 Å². The van der Waals surface area contributed by atoms with Gasteiger partial charge in [0.05, 0.1) is 4.92 Å². The number of anilines is 1. The van der Waals surface area contributed by atoms with Crippen LogP contribution in [0.5, 0.6) is 0 Å². The molecule has 1 heterocycles. The zero-order chi connectivity index (χ0) is 14.7. The highest BCUT2D eigenvalue weighted by atomic mass is 79.9. The molecular weight excluding hydrogens is 322 g/mol. The molecule has 1 aliphatic rings. The van der Waals surface area contributed by atoms with Crippen molar-refractivity contribution in [1.29, 1.82) is 0 Å². The number of halogens is 1. The molecule has 5 nitrogen and oxygen atoms in total. The van der Waals surface area contributed by atoms with E-state index in [1.165, 1.54) is 0 Å². The normalized spacial score (nSPS) is 20.1. The highest BCUT2D eigenvalue weighted by Crippen LogP contribution is 2.29. The number of non-ortho nitro benzene ring substituents is 1. The molecular formula is C14H20BrN3O2. The quantitative estimate of drug-likeness (QED) is 0.479. The van der Waals surface area contributed by atoms with E-state index < -0.39 is 0 Å². The average Bonchev–Trinajstić information content (AvgIpc) is 2.46. The third-order valence-corrected chi connectivity index (χ3v) is 4.53. The van der Waals surface area contributed by atoms with Gasteiger partial charge in [-0.05, 0) is 25.1 Å².